The minimum atomic E-state index is 0.0428. The van der Waals surface area contributed by atoms with Gasteiger partial charge in [-0.25, -0.2) is 0 Å². The molecule has 0 aliphatic carbocycles. The van der Waals surface area contributed by atoms with E-state index in [4.69, 9.17) is 0 Å². The van der Waals surface area contributed by atoms with Crippen molar-refractivity contribution in [1.82, 2.24) is 0 Å². The lowest BCUT2D eigenvalue weighted by Gasteiger charge is -2.08. The van der Waals surface area contributed by atoms with Gasteiger partial charge in [-0.2, -0.15) is 0 Å². The Bertz CT molecular complexity index is 169. The minimum absolute atomic E-state index is 0.0428. The van der Waals surface area contributed by atoms with Gasteiger partial charge in [0.25, 0.3) is 0 Å². The maximum Gasteiger partial charge on any atom is 0.145 e. The van der Waals surface area contributed by atoms with Gasteiger partial charge in [0.2, 0.25) is 0 Å². The van der Waals surface area contributed by atoms with Crippen molar-refractivity contribution in [3.63, 3.8) is 0 Å². The van der Waals surface area contributed by atoms with Gasteiger partial charge in [0.05, 0.1) is 0 Å². The van der Waals surface area contributed by atoms with Gasteiger partial charge in [0, 0.05) is 11.8 Å². The van der Waals surface area contributed by atoms with Crippen molar-refractivity contribution in [2.45, 2.75) is 27.7 Å². The van der Waals surface area contributed by atoms with Gasteiger partial charge >= 0.3 is 0 Å². The van der Waals surface area contributed by atoms with Crippen LogP contribution in [0.2, 0.25) is 0 Å². The van der Waals surface area contributed by atoms with Crippen molar-refractivity contribution in [1.29, 1.82) is 0 Å². The van der Waals surface area contributed by atoms with Gasteiger partial charge in [-0.3, -0.25) is 4.79 Å². The lowest BCUT2D eigenvalue weighted by atomic mass is 9.95. The molecule has 0 aliphatic heterocycles. The predicted octanol–water partition coefficient (Wildman–Crippen LogP) is 2.98. The van der Waals surface area contributed by atoms with Gasteiger partial charge < -0.3 is 0 Å². The summed E-state index contributed by atoms with van der Waals surface area (Å²) in [6, 6.07) is 0. The molecule has 0 fully saturated rings. The molecule has 2 atom stereocenters. The van der Waals surface area contributed by atoms with Crippen LogP contribution in [0.15, 0.2) is 24.3 Å². The number of carbonyl (C=O) groups excluding carboxylic acids is 1. The van der Waals surface area contributed by atoms with E-state index in [1.807, 2.05) is 52.0 Å². The zero-order chi connectivity index (χ0) is 9.56. The van der Waals surface area contributed by atoms with Crippen LogP contribution in [0, 0.1) is 11.8 Å². The SMILES string of the molecule is CC=CC(C)C(=O)C(C)C=CC. The summed E-state index contributed by atoms with van der Waals surface area (Å²) in [5.41, 5.74) is 0. The first-order valence-electron chi connectivity index (χ1n) is 4.42. The van der Waals surface area contributed by atoms with E-state index in [0.29, 0.717) is 0 Å². The first-order chi connectivity index (χ1) is 5.63. The van der Waals surface area contributed by atoms with Crippen LogP contribution in [0.5, 0.6) is 0 Å². The van der Waals surface area contributed by atoms with E-state index in [-0.39, 0.29) is 17.6 Å². The largest absolute Gasteiger partial charge is 0.298 e. The van der Waals surface area contributed by atoms with Crippen LogP contribution >= 0.6 is 0 Å². The van der Waals surface area contributed by atoms with Crippen LogP contribution in [0.4, 0.5) is 0 Å². The van der Waals surface area contributed by atoms with E-state index in [1.165, 1.54) is 0 Å². The molecule has 12 heavy (non-hydrogen) atoms. The molecule has 0 amide bonds. The maximum absolute atomic E-state index is 11.5. The van der Waals surface area contributed by atoms with Crippen LogP contribution in [-0.2, 0) is 4.79 Å². The Balaban J connectivity index is 4.18. The highest BCUT2D eigenvalue weighted by molar-refractivity contribution is 5.85. The van der Waals surface area contributed by atoms with Crippen LogP contribution in [0.1, 0.15) is 27.7 Å². The topological polar surface area (TPSA) is 17.1 Å². The lowest BCUT2D eigenvalue weighted by molar-refractivity contribution is -0.123. The first kappa shape index (κ1) is 11.2. The number of hydrogen-bond donors (Lipinski definition) is 0. The minimum Gasteiger partial charge on any atom is -0.298 e. The number of rotatable bonds is 4. The van der Waals surface area contributed by atoms with Crippen molar-refractivity contribution >= 4 is 5.78 Å². The second-order valence-corrected chi connectivity index (χ2v) is 3.03. The summed E-state index contributed by atoms with van der Waals surface area (Å²) in [7, 11) is 0. The highest BCUT2D eigenvalue weighted by Crippen LogP contribution is 2.09. The van der Waals surface area contributed by atoms with E-state index < -0.39 is 0 Å². The van der Waals surface area contributed by atoms with Crippen molar-refractivity contribution in [3.05, 3.63) is 24.3 Å². The van der Waals surface area contributed by atoms with Crippen LogP contribution in [0.3, 0.4) is 0 Å². The molecule has 0 saturated carbocycles. The van der Waals surface area contributed by atoms with E-state index in [9.17, 15) is 4.79 Å². The number of hydrogen-bond acceptors (Lipinski definition) is 1. The fraction of sp³-hybridized carbons (Fsp3) is 0.545. The molecule has 0 aliphatic rings. The van der Waals surface area contributed by atoms with Crippen LogP contribution in [-0.4, -0.2) is 5.78 Å². The average molecular weight is 166 g/mol. The van der Waals surface area contributed by atoms with E-state index in [0.717, 1.165) is 0 Å². The summed E-state index contributed by atoms with van der Waals surface area (Å²) in [6.45, 7) is 7.74. The Morgan fingerprint density at radius 3 is 1.58 bits per heavy atom. The first-order valence-corrected chi connectivity index (χ1v) is 4.42. The number of Topliss-reactive ketones (excluding diaryl/α,β-unsaturated/α-hetero) is 1. The predicted molar refractivity (Wildman–Crippen MR) is 53.0 cm³/mol. The van der Waals surface area contributed by atoms with Gasteiger partial charge in [-0.15, -0.1) is 0 Å². The highest BCUT2D eigenvalue weighted by Gasteiger charge is 2.14. The molecule has 0 rings (SSSR count). The molecular weight excluding hydrogens is 148 g/mol. The molecule has 0 saturated heterocycles. The van der Waals surface area contributed by atoms with E-state index in [2.05, 4.69) is 0 Å². The monoisotopic (exact) mass is 166 g/mol. The Morgan fingerprint density at radius 2 is 1.33 bits per heavy atom. The summed E-state index contributed by atoms with van der Waals surface area (Å²) in [4.78, 5) is 11.5. The molecule has 0 aromatic rings. The molecule has 0 heterocycles. The smallest absolute Gasteiger partial charge is 0.145 e. The van der Waals surface area contributed by atoms with Crippen LogP contribution < -0.4 is 0 Å². The zero-order valence-electron chi connectivity index (χ0n) is 8.37. The van der Waals surface area contributed by atoms with Gasteiger partial charge in [0.1, 0.15) is 5.78 Å². The Labute approximate surface area is 75.2 Å². The summed E-state index contributed by atoms with van der Waals surface area (Å²) in [5, 5.41) is 0. The molecule has 0 aromatic heterocycles. The molecule has 0 bridgehead atoms. The van der Waals surface area contributed by atoms with Crippen molar-refractivity contribution < 1.29 is 4.79 Å². The number of ketones is 1. The Morgan fingerprint density at radius 1 is 1.00 bits per heavy atom. The van der Waals surface area contributed by atoms with Gasteiger partial charge in [-0.05, 0) is 13.8 Å². The van der Waals surface area contributed by atoms with Crippen molar-refractivity contribution in [3.8, 4) is 0 Å². The van der Waals surface area contributed by atoms with Crippen molar-refractivity contribution in [2.75, 3.05) is 0 Å². The average Bonchev–Trinajstić information content (AvgIpc) is 2.04. The molecule has 0 spiro atoms. The molecule has 0 aromatic carbocycles. The second-order valence-electron chi connectivity index (χ2n) is 3.03. The standard InChI is InChI=1S/C11H18O/c1-5-7-9(3)11(12)10(4)8-6-2/h5-10H,1-4H3. The molecule has 0 radical (unpaired) electrons. The fourth-order valence-corrected chi connectivity index (χ4v) is 1.18. The van der Waals surface area contributed by atoms with Gasteiger partial charge in [-0.1, -0.05) is 38.2 Å². The van der Waals surface area contributed by atoms with Crippen LogP contribution in [0.25, 0.3) is 0 Å². The van der Waals surface area contributed by atoms with Crippen molar-refractivity contribution in [2.24, 2.45) is 11.8 Å². The summed E-state index contributed by atoms with van der Waals surface area (Å²) >= 11 is 0. The maximum atomic E-state index is 11.5. The quantitative estimate of drug-likeness (QED) is 0.587. The third kappa shape index (κ3) is 3.51. The summed E-state index contributed by atoms with van der Waals surface area (Å²) < 4.78 is 0. The Hall–Kier alpha value is -0.850. The molecular formula is C11H18O. The highest BCUT2D eigenvalue weighted by atomic mass is 16.1. The zero-order valence-corrected chi connectivity index (χ0v) is 8.37. The normalized spacial score (nSPS) is 17.0. The summed E-state index contributed by atoms with van der Waals surface area (Å²) in [6.07, 6.45) is 7.71. The summed E-state index contributed by atoms with van der Waals surface area (Å²) in [5.74, 6) is 0.369. The third-order valence-electron chi connectivity index (χ3n) is 1.86. The lowest BCUT2D eigenvalue weighted by Crippen LogP contribution is -2.15. The molecule has 0 N–H and O–H groups in total. The second kappa shape index (κ2) is 5.76. The third-order valence-corrected chi connectivity index (χ3v) is 1.86. The number of allylic oxidation sites excluding steroid dienone is 4. The van der Waals surface area contributed by atoms with Gasteiger partial charge in [0.15, 0.2) is 0 Å². The van der Waals surface area contributed by atoms with E-state index >= 15 is 0 Å². The van der Waals surface area contributed by atoms with E-state index in [1.54, 1.807) is 0 Å². The molecule has 1 heteroatoms. The fourth-order valence-electron chi connectivity index (χ4n) is 1.18. The Kier molecular flexibility index (Phi) is 5.35. The molecule has 2 unspecified atom stereocenters. The molecule has 1 nitrogen and oxygen atoms in total. The number of carbonyl (C=O) groups is 1. The molecule has 68 valence electrons.